The van der Waals surface area contributed by atoms with E-state index in [1.807, 2.05) is 6.07 Å². The van der Waals surface area contributed by atoms with Crippen molar-refractivity contribution in [2.75, 3.05) is 11.4 Å². The molecule has 1 atom stereocenters. The average Bonchev–Trinajstić information content (AvgIpc) is 2.83. The van der Waals surface area contributed by atoms with E-state index in [-0.39, 0.29) is 11.9 Å². The van der Waals surface area contributed by atoms with Crippen LogP contribution < -0.4 is 10.6 Å². The summed E-state index contributed by atoms with van der Waals surface area (Å²) in [6.07, 6.45) is 2.90. The number of nitrogens with two attached hydrogens (primary N) is 1. The minimum Gasteiger partial charge on any atom is -0.326 e. The number of nitrogens with zero attached hydrogens (tertiary/aromatic N) is 2. The van der Waals surface area contributed by atoms with Crippen molar-refractivity contribution in [2.45, 2.75) is 31.2 Å². The van der Waals surface area contributed by atoms with Crippen LogP contribution in [0, 0.1) is 0 Å². The van der Waals surface area contributed by atoms with Crippen molar-refractivity contribution in [3.05, 3.63) is 11.8 Å². The number of hydrogen-bond acceptors (Lipinski definition) is 3. The van der Waals surface area contributed by atoms with Crippen LogP contribution in [0.5, 0.6) is 0 Å². The first-order chi connectivity index (χ1) is 7.24. The van der Waals surface area contributed by atoms with E-state index in [4.69, 9.17) is 5.73 Å². The number of hydrogen-bond donors (Lipinski definition) is 2. The van der Waals surface area contributed by atoms with Gasteiger partial charge in [-0.1, -0.05) is 0 Å². The van der Waals surface area contributed by atoms with E-state index in [0.717, 1.165) is 11.5 Å². The number of nitrogens with one attached hydrogen (secondary N) is 1. The second-order valence-electron chi connectivity index (χ2n) is 4.42. The number of carbonyl (C=O) groups is 1. The minimum absolute atomic E-state index is 0.0430. The summed E-state index contributed by atoms with van der Waals surface area (Å²) in [5.41, 5.74) is 6.88. The highest BCUT2D eigenvalue weighted by molar-refractivity contribution is 5.95. The molecule has 2 heterocycles. The number of anilines is 1. The molecule has 1 saturated carbocycles. The number of aromatic nitrogens is 2. The third kappa shape index (κ3) is 1.52. The lowest BCUT2D eigenvalue weighted by Gasteiger charge is -2.11. The standard InChI is InChI=1S/C10H14N4O/c11-7-3-10(15)14(5-7)9-4-8(12-13-9)6-1-2-6/h4,6-7H,1-3,5,11H2,(H,12,13). The van der Waals surface area contributed by atoms with Gasteiger partial charge in [0.25, 0.3) is 0 Å². The molecule has 1 aliphatic carbocycles. The summed E-state index contributed by atoms with van der Waals surface area (Å²) in [6, 6.07) is 1.94. The molecule has 0 aromatic carbocycles. The Hall–Kier alpha value is -1.36. The molecule has 1 amide bonds. The summed E-state index contributed by atoms with van der Waals surface area (Å²) >= 11 is 0. The molecule has 3 rings (SSSR count). The van der Waals surface area contributed by atoms with Crippen LogP contribution in [0.4, 0.5) is 5.82 Å². The van der Waals surface area contributed by atoms with Crippen molar-refractivity contribution in [2.24, 2.45) is 5.73 Å². The maximum Gasteiger partial charge on any atom is 0.229 e. The van der Waals surface area contributed by atoms with Gasteiger partial charge in [0.05, 0.1) is 0 Å². The quantitative estimate of drug-likeness (QED) is 0.733. The fourth-order valence-corrected chi connectivity index (χ4v) is 2.02. The Labute approximate surface area is 87.6 Å². The second-order valence-corrected chi connectivity index (χ2v) is 4.42. The zero-order valence-electron chi connectivity index (χ0n) is 8.44. The van der Waals surface area contributed by atoms with Gasteiger partial charge in [-0.25, -0.2) is 0 Å². The molecule has 1 aliphatic heterocycles. The van der Waals surface area contributed by atoms with Crippen molar-refractivity contribution < 1.29 is 4.79 Å². The molecule has 2 fully saturated rings. The normalized spacial score (nSPS) is 26.3. The lowest BCUT2D eigenvalue weighted by Crippen LogP contribution is -2.28. The highest BCUT2D eigenvalue weighted by atomic mass is 16.2. The topological polar surface area (TPSA) is 75.0 Å². The number of aromatic amines is 1. The van der Waals surface area contributed by atoms with E-state index in [0.29, 0.717) is 18.9 Å². The van der Waals surface area contributed by atoms with E-state index >= 15 is 0 Å². The molecule has 3 N–H and O–H groups in total. The maximum absolute atomic E-state index is 11.6. The van der Waals surface area contributed by atoms with Crippen molar-refractivity contribution in [1.82, 2.24) is 10.2 Å². The van der Waals surface area contributed by atoms with Crippen LogP contribution in [0.1, 0.15) is 30.9 Å². The molecule has 80 valence electrons. The van der Waals surface area contributed by atoms with Crippen LogP contribution >= 0.6 is 0 Å². The summed E-state index contributed by atoms with van der Waals surface area (Å²) in [5, 5.41) is 7.16. The first-order valence-corrected chi connectivity index (χ1v) is 5.35. The molecule has 0 radical (unpaired) electrons. The average molecular weight is 206 g/mol. The fraction of sp³-hybridized carbons (Fsp3) is 0.600. The number of carbonyl (C=O) groups excluding carboxylic acids is 1. The van der Waals surface area contributed by atoms with Crippen molar-refractivity contribution in [1.29, 1.82) is 0 Å². The first-order valence-electron chi connectivity index (χ1n) is 5.35. The Balaban J connectivity index is 1.82. The summed E-state index contributed by atoms with van der Waals surface area (Å²) in [5.74, 6) is 1.45. The Kier molecular flexibility index (Phi) is 1.82. The van der Waals surface area contributed by atoms with Crippen molar-refractivity contribution in [3.8, 4) is 0 Å². The third-order valence-corrected chi connectivity index (χ3v) is 3.03. The van der Waals surface area contributed by atoms with Crippen LogP contribution in [0.25, 0.3) is 0 Å². The Bertz CT molecular complexity index is 396. The van der Waals surface area contributed by atoms with Gasteiger partial charge >= 0.3 is 0 Å². The SMILES string of the molecule is NC1CC(=O)N(c2cc(C3CC3)[nH]n2)C1. The molecule has 1 aromatic heterocycles. The molecule has 5 nitrogen and oxygen atoms in total. The lowest BCUT2D eigenvalue weighted by atomic mass is 10.3. The van der Waals surface area contributed by atoms with E-state index in [9.17, 15) is 4.79 Å². The smallest absolute Gasteiger partial charge is 0.229 e. The monoisotopic (exact) mass is 206 g/mol. The highest BCUT2D eigenvalue weighted by Crippen LogP contribution is 2.40. The maximum atomic E-state index is 11.6. The Morgan fingerprint density at radius 3 is 2.93 bits per heavy atom. The molecule has 1 saturated heterocycles. The first kappa shape index (κ1) is 8.91. The van der Waals surface area contributed by atoms with E-state index < -0.39 is 0 Å². The Morgan fingerprint density at radius 1 is 1.53 bits per heavy atom. The molecule has 2 aliphatic rings. The lowest BCUT2D eigenvalue weighted by molar-refractivity contribution is -0.117. The van der Waals surface area contributed by atoms with Crippen LogP contribution in [0.2, 0.25) is 0 Å². The summed E-state index contributed by atoms with van der Waals surface area (Å²) in [7, 11) is 0. The van der Waals surface area contributed by atoms with Gasteiger partial charge in [0, 0.05) is 36.7 Å². The van der Waals surface area contributed by atoms with Gasteiger partial charge in [-0.2, -0.15) is 5.10 Å². The zero-order chi connectivity index (χ0) is 10.4. The molecule has 1 unspecified atom stereocenters. The fourth-order valence-electron chi connectivity index (χ4n) is 2.02. The van der Waals surface area contributed by atoms with Crippen LogP contribution in [-0.2, 0) is 4.79 Å². The van der Waals surface area contributed by atoms with Gasteiger partial charge < -0.3 is 5.73 Å². The van der Waals surface area contributed by atoms with E-state index in [2.05, 4.69) is 10.2 Å². The van der Waals surface area contributed by atoms with E-state index in [1.54, 1.807) is 4.90 Å². The van der Waals surface area contributed by atoms with Crippen molar-refractivity contribution in [3.63, 3.8) is 0 Å². The van der Waals surface area contributed by atoms with Gasteiger partial charge in [-0.3, -0.25) is 14.8 Å². The molecule has 0 bridgehead atoms. The van der Waals surface area contributed by atoms with Gasteiger partial charge in [0.1, 0.15) is 0 Å². The third-order valence-electron chi connectivity index (χ3n) is 3.03. The van der Waals surface area contributed by atoms with Crippen LogP contribution in [0.3, 0.4) is 0 Å². The minimum atomic E-state index is -0.0430. The predicted molar refractivity (Wildman–Crippen MR) is 55.5 cm³/mol. The van der Waals surface area contributed by atoms with Gasteiger partial charge in [0.15, 0.2) is 5.82 Å². The number of amides is 1. The summed E-state index contributed by atoms with van der Waals surface area (Å²) in [6.45, 7) is 0.591. The Morgan fingerprint density at radius 2 is 2.33 bits per heavy atom. The predicted octanol–water partition coefficient (Wildman–Crippen LogP) is 0.351. The number of rotatable bonds is 2. The van der Waals surface area contributed by atoms with Gasteiger partial charge in [-0.05, 0) is 12.8 Å². The molecule has 0 spiro atoms. The molecule has 15 heavy (non-hydrogen) atoms. The molecular weight excluding hydrogens is 192 g/mol. The highest BCUT2D eigenvalue weighted by Gasteiger charge is 2.31. The summed E-state index contributed by atoms with van der Waals surface area (Å²) < 4.78 is 0. The van der Waals surface area contributed by atoms with Gasteiger partial charge in [0.2, 0.25) is 5.91 Å². The largest absolute Gasteiger partial charge is 0.326 e. The number of H-pyrrole nitrogens is 1. The van der Waals surface area contributed by atoms with E-state index in [1.165, 1.54) is 12.8 Å². The van der Waals surface area contributed by atoms with Crippen molar-refractivity contribution >= 4 is 11.7 Å². The molecule has 5 heteroatoms. The molecule has 1 aromatic rings. The second kappa shape index (κ2) is 3.06. The van der Waals surface area contributed by atoms with Crippen LogP contribution in [0.15, 0.2) is 6.07 Å². The molecular formula is C10H14N4O. The summed E-state index contributed by atoms with van der Waals surface area (Å²) in [4.78, 5) is 13.2. The zero-order valence-corrected chi connectivity index (χ0v) is 8.44. The van der Waals surface area contributed by atoms with Crippen LogP contribution in [-0.4, -0.2) is 28.7 Å². The van der Waals surface area contributed by atoms with Gasteiger partial charge in [-0.15, -0.1) is 0 Å².